The lowest BCUT2D eigenvalue weighted by atomic mass is 10.4. The summed E-state index contributed by atoms with van der Waals surface area (Å²) in [6, 6.07) is 0. The van der Waals surface area contributed by atoms with Gasteiger partial charge in [-0.15, -0.1) is 0 Å². The Bertz CT molecular complexity index is 78.8. The normalized spacial score (nSPS) is 14.4. The maximum absolute atomic E-state index is 2.37. The lowest BCUT2D eigenvalue weighted by Crippen LogP contribution is -2.28. The van der Waals surface area contributed by atoms with Crippen LogP contribution in [0.25, 0.3) is 0 Å². The monoisotopic (exact) mass is 249 g/mol. The van der Waals surface area contributed by atoms with E-state index in [1.54, 1.807) is 0 Å². The third-order valence-electron chi connectivity index (χ3n) is 1.73. The summed E-state index contributed by atoms with van der Waals surface area (Å²) in [6.07, 6.45) is 3.89. The van der Waals surface area contributed by atoms with Crippen LogP contribution in [0, 0.1) is 0 Å². The largest absolute Gasteiger partial charge is 0.305 e. The fraction of sp³-hybridized carbons (Fsp3) is 1.00. The molecule has 0 spiro atoms. The first-order valence-electron chi connectivity index (χ1n) is 6.99. The fourth-order valence-corrected chi connectivity index (χ4v) is 1.74. The van der Waals surface area contributed by atoms with E-state index in [9.17, 15) is 0 Å². The summed E-state index contributed by atoms with van der Waals surface area (Å²) >= 11 is 2.06. The van der Waals surface area contributed by atoms with Gasteiger partial charge < -0.3 is 4.90 Å². The molecule has 1 fully saturated rings. The van der Waals surface area contributed by atoms with Crippen molar-refractivity contribution in [2.24, 2.45) is 0 Å². The van der Waals surface area contributed by atoms with Crippen LogP contribution in [0.4, 0.5) is 0 Å². The van der Waals surface area contributed by atoms with Crippen molar-refractivity contribution in [1.29, 1.82) is 0 Å². The van der Waals surface area contributed by atoms with Crippen LogP contribution in [0.15, 0.2) is 0 Å². The van der Waals surface area contributed by atoms with E-state index in [-0.39, 0.29) is 0 Å². The molecule has 0 radical (unpaired) electrons. The first-order chi connectivity index (χ1) is 7.72. The van der Waals surface area contributed by atoms with E-state index in [2.05, 4.69) is 51.4 Å². The lowest BCUT2D eigenvalue weighted by molar-refractivity contribution is 0.372. The zero-order chi connectivity index (χ0) is 13.2. The topological polar surface area (TPSA) is 3.24 Å². The minimum Gasteiger partial charge on any atom is -0.305 e. The number of hydrogen-bond acceptors (Lipinski definition) is 2. The van der Waals surface area contributed by atoms with Crippen LogP contribution >= 0.6 is 11.8 Å². The Kier molecular flexibility index (Phi) is 33.1. The van der Waals surface area contributed by atoms with E-state index in [1.807, 2.05) is 13.8 Å². The van der Waals surface area contributed by atoms with Gasteiger partial charge in [-0.2, -0.15) is 11.8 Å². The van der Waals surface area contributed by atoms with Crippen LogP contribution < -0.4 is 0 Å². The Morgan fingerprint density at radius 3 is 1.31 bits per heavy atom. The summed E-state index contributed by atoms with van der Waals surface area (Å²) in [4.78, 5) is 2.37. The molecule has 1 aliphatic heterocycles. The molecular formula is C14H35NS. The van der Waals surface area contributed by atoms with Crippen LogP contribution in [-0.2, 0) is 0 Å². The van der Waals surface area contributed by atoms with Gasteiger partial charge in [-0.05, 0) is 7.05 Å². The standard InChI is InChI=1S/C5H11NS.C4H10.C3H8.C2H6/c1-6-2-4-7-5-3-6;1-3-4-2;1-3-2;1-2/h2-5H2,1H3;3-4H2,1-2H3;3H2,1-2H3;1-2H3. The molecule has 1 nitrogen and oxygen atoms in total. The maximum Gasteiger partial charge on any atom is 0.00696 e. The summed E-state index contributed by atoms with van der Waals surface area (Å²) in [6.45, 7) is 15.2. The quantitative estimate of drug-likeness (QED) is 0.649. The highest BCUT2D eigenvalue weighted by atomic mass is 32.2. The number of thioether (sulfide) groups is 1. The van der Waals surface area contributed by atoms with E-state index >= 15 is 0 Å². The van der Waals surface area contributed by atoms with E-state index < -0.39 is 0 Å². The molecule has 2 heteroatoms. The van der Waals surface area contributed by atoms with Gasteiger partial charge in [0, 0.05) is 24.6 Å². The van der Waals surface area contributed by atoms with Gasteiger partial charge in [0.25, 0.3) is 0 Å². The molecule has 0 saturated carbocycles. The number of unbranched alkanes of at least 4 members (excludes halogenated alkanes) is 1. The second-order valence-corrected chi connectivity index (χ2v) is 4.85. The first kappa shape index (κ1) is 21.6. The van der Waals surface area contributed by atoms with Gasteiger partial charge in [0.1, 0.15) is 0 Å². The molecule has 0 N–H and O–H groups in total. The van der Waals surface area contributed by atoms with Crippen molar-refractivity contribution in [1.82, 2.24) is 4.90 Å². The summed E-state index contributed by atoms with van der Waals surface area (Å²) < 4.78 is 0. The van der Waals surface area contributed by atoms with Crippen molar-refractivity contribution < 1.29 is 0 Å². The Morgan fingerprint density at radius 1 is 0.875 bits per heavy atom. The smallest absolute Gasteiger partial charge is 0.00696 e. The van der Waals surface area contributed by atoms with Crippen molar-refractivity contribution in [2.75, 3.05) is 31.6 Å². The van der Waals surface area contributed by atoms with Crippen molar-refractivity contribution >= 4 is 11.8 Å². The summed E-state index contributed by atoms with van der Waals surface area (Å²) in [5.74, 6) is 2.66. The Morgan fingerprint density at radius 2 is 1.19 bits per heavy atom. The molecule has 0 bridgehead atoms. The van der Waals surface area contributed by atoms with Crippen molar-refractivity contribution in [3.8, 4) is 0 Å². The SMILES string of the molecule is CC.CCC.CCCC.CN1CCSCC1. The predicted octanol–water partition coefficient (Wildman–Crippen LogP) is 4.91. The average Bonchev–Trinajstić information content (AvgIpc) is 2.34. The lowest BCUT2D eigenvalue weighted by Gasteiger charge is -2.20. The molecule has 1 heterocycles. The highest BCUT2D eigenvalue weighted by Gasteiger charge is 2.02. The highest BCUT2D eigenvalue weighted by molar-refractivity contribution is 7.99. The molecular weight excluding hydrogens is 214 g/mol. The molecule has 0 amide bonds. The van der Waals surface area contributed by atoms with Gasteiger partial charge in [-0.1, -0.05) is 60.8 Å². The molecule has 1 rings (SSSR count). The van der Waals surface area contributed by atoms with E-state index in [1.165, 1.54) is 43.9 Å². The van der Waals surface area contributed by atoms with Crippen molar-refractivity contribution in [2.45, 2.75) is 60.8 Å². The van der Waals surface area contributed by atoms with Gasteiger partial charge >= 0.3 is 0 Å². The Hall–Kier alpha value is 0.310. The molecule has 0 aromatic heterocycles. The first-order valence-corrected chi connectivity index (χ1v) is 8.14. The summed E-state index contributed by atoms with van der Waals surface area (Å²) in [5, 5.41) is 0. The minimum atomic E-state index is 1.25. The van der Waals surface area contributed by atoms with E-state index in [0.717, 1.165) is 0 Å². The average molecular weight is 250 g/mol. The summed E-state index contributed by atoms with van der Waals surface area (Å²) in [5.41, 5.74) is 0. The number of hydrogen-bond donors (Lipinski definition) is 0. The zero-order valence-corrected chi connectivity index (χ0v) is 13.6. The van der Waals surface area contributed by atoms with Crippen molar-refractivity contribution in [3.63, 3.8) is 0 Å². The van der Waals surface area contributed by atoms with Crippen LogP contribution in [0.5, 0.6) is 0 Å². The number of nitrogens with zero attached hydrogens (tertiary/aromatic N) is 1. The van der Waals surface area contributed by atoms with Crippen LogP contribution in [0.1, 0.15) is 60.8 Å². The fourth-order valence-electron chi connectivity index (χ4n) is 0.655. The molecule has 0 atom stereocenters. The second-order valence-electron chi connectivity index (χ2n) is 3.62. The van der Waals surface area contributed by atoms with Gasteiger partial charge in [-0.3, -0.25) is 0 Å². The van der Waals surface area contributed by atoms with Gasteiger partial charge in [0.05, 0.1) is 0 Å². The molecule has 1 aliphatic rings. The predicted molar refractivity (Wildman–Crippen MR) is 82.7 cm³/mol. The van der Waals surface area contributed by atoms with Gasteiger partial charge in [-0.25, -0.2) is 0 Å². The highest BCUT2D eigenvalue weighted by Crippen LogP contribution is 2.05. The molecule has 0 aliphatic carbocycles. The molecule has 0 aromatic rings. The third-order valence-corrected chi connectivity index (χ3v) is 2.68. The Labute approximate surface area is 109 Å². The molecule has 0 aromatic carbocycles. The van der Waals surface area contributed by atoms with Crippen LogP contribution in [-0.4, -0.2) is 36.5 Å². The van der Waals surface area contributed by atoms with Crippen LogP contribution in [0.2, 0.25) is 0 Å². The molecule has 102 valence electrons. The van der Waals surface area contributed by atoms with Crippen molar-refractivity contribution in [3.05, 3.63) is 0 Å². The van der Waals surface area contributed by atoms with E-state index in [4.69, 9.17) is 0 Å². The Balaban J connectivity index is -0.000000163. The van der Waals surface area contributed by atoms with Gasteiger partial charge in [0.2, 0.25) is 0 Å². The summed E-state index contributed by atoms with van der Waals surface area (Å²) in [7, 11) is 2.18. The zero-order valence-electron chi connectivity index (χ0n) is 12.8. The second kappa shape index (κ2) is 24.5. The van der Waals surface area contributed by atoms with Crippen LogP contribution in [0.3, 0.4) is 0 Å². The minimum absolute atomic E-state index is 1.25. The molecule has 0 unspecified atom stereocenters. The molecule has 16 heavy (non-hydrogen) atoms. The van der Waals surface area contributed by atoms with Gasteiger partial charge in [0.15, 0.2) is 0 Å². The maximum atomic E-state index is 2.37. The molecule has 1 saturated heterocycles. The van der Waals surface area contributed by atoms with E-state index in [0.29, 0.717) is 0 Å². The third kappa shape index (κ3) is 29.2. The number of rotatable bonds is 1.